The van der Waals surface area contributed by atoms with Crippen LogP contribution in [0, 0.1) is 11.3 Å². The van der Waals surface area contributed by atoms with Crippen molar-refractivity contribution in [3.63, 3.8) is 0 Å². The van der Waals surface area contributed by atoms with Gasteiger partial charge >= 0.3 is 0 Å². The zero-order valence-electron chi connectivity index (χ0n) is 16.8. The predicted molar refractivity (Wildman–Crippen MR) is 121 cm³/mol. The van der Waals surface area contributed by atoms with Crippen LogP contribution in [0.15, 0.2) is 67.3 Å². The van der Waals surface area contributed by atoms with Crippen LogP contribution in [0.5, 0.6) is 11.5 Å². The number of halogens is 1. The Hall–Kier alpha value is -3.49. The fraction of sp³-hybridized carbons (Fsp3) is 0.167. The minimum absolute atomic E-state index is 0.0447. The highest BCUT2D eigenvalue weighted by Crippen LogP contribution is 2.34. The molecule has 0 atom stereocenters. The van der Waals surface area contributed by atoms with Crippen LogP contribution in [-0.4, -0.2) is 19.1 Å². The molecule has 0 bridgehead atoms. The van der Waals surface area contributed by atoms with E-state index in [4.69, 9.17) is 21.1 Å². The van der Waals surface area contributed by atoms with Crippen molar-refractivity contribution in [2.45, 2.75) is 13.3 Å². The molecule has 1 N–H and O–H groups in total. The molecule has 0 saturated heterocycles. The SMILES string of the molecule is C=CCOc1c(CC=C)cc(/C=C(\C#N)C(=O)Nc2ccc(Cl)cc2)cc1OCC. The number of allylic oxidation sites excluding steroid dienone is 1. The number of nitrogens with zero attached hydrogens (tertiary/aromatic N) is 1. The quantitative estimate of drug-likeness (QED) is 0.308. The molecule has 0 spiro atoms. The van der Waals surface area contributed by atoms with E-state index in [0.717, 1.165) is 5.56 Å². The minimum atomic E-state index is -0.518. The highest BCUT2D eigenvalue weighted by molar-refractivity contribution is 6.30. The van der Waals surface area contributed by atoms with E-state index >= 15 is 0 Å². The van der Waals surface area contributed by atoms with Crippen LogP contribution >= 0.6 is 11.6 Å². The molecule has 0 aliphatic carbocycles. The number of nitriles is 1. The van der Waals surface area contributed by atoms with E-state index in [1.807, 2.05) is 19.1 Å². The Morgan fingerprint density at radius 2 is 1.93 bits per heavy atom. The molecule has 0 radical (unpaired) electrons. The Morgan fingerprint density at radius 1 is 1.20 bits per heavy atom. The summed E-state index contributed by atoms with van der Waals surface area (Å²) in [5.41, 5.74) is 1.97. The van der Waals surface area contributed by atoms with Crippen LogP contribution in [0.3, 0.4) is 0 Å². The van der Waals surface area contributed by atoms with Gasteiger partial charge < -0.3 is 14.8 Å². The molecule has 154 valence electrons. The maximum absolute atomic E-state index is 12.5. The number of amides is 1. The summed E-state index contributed by atoms with van der Waals surface area (Å²) in [4.78, 5) is 12.5. The molecule has 0 aromatic heterocycles. The third kappa shape index (κ3) is 6.26. The maximum atomic E-state index is 12.5. The lowest BCUT2D eigenvalue weighted by Gasteiger charge is -2.16. The molecule has 0 heterocycles. The minimum Gasteiger partial charge on any atom is -0.490 e. The topological polar surface area (TPSA) is 71.3 Å². The van der Waals surface area contributed by atoms with E-state index < -0.39 is 5.91 Å². The molecule has 1 amide bonds. The van der Waals surface area contributed by atoms with E-state index in [1.165, 1.54) is 6.08 Å². The Morgan fingerprint density at radius 3 is 2.53 bits per heavy atom. The lowest BCUT2D eigenvalue weighted by Crippen LogP contribution is -2.13. The van der Waals surface area contributed by atoms with Gasteiger partial charge in [-0.2, -0.15) is 5.26 Å². The van der Waals surface area contributed by atoms with Crippen LogP contribution in [0.25, 0.3) is 6.08 Å². The van der Waals surface area contributed by atoms with Crippen molar-refractivity contribution >= 4 is 29.3 Å². The number of rotatable bonds is 10. The largest absolute Gasteiger partial charge is 0.490 e. The second-order valence-electron chi connectivity index (χ2n) is 6.16. The van der Waals surface area contributed by atoms with Gasteiger partial charge in [-0.1, -0.05) is 30.3 Å². The number of carbonyl (C=O) groups excluding carboxylic acids is 1. The Labute approximate surface area is 181 Å². The van der Waals surface area contributed by atoms with Crippen LogP contribution in [0.1, 0.15) is 18.1 Å². The van der Waals surface area contributed by atoms with Crippen molar-refractivity contribution in [2.75, 3.05) is 18.5 Å². The van der Waals surface area contributed by atoms with Gasteiger partial charge in [0.1, 0.15) is 18.2 Å². The fourth-order valence-corrected chi connectivity index (χ4v) is 2.82. The van der Waals surface area contributed by atoms with Gasteiger partial charge in [0.15, 0.2) is 11.5 Å². The zero-order chi connectivity index (χ0) is 21.9. The van der Waals surface area contributed by atoms with Gasteiger partial charge in [-0.3, -0.25) is 4.79 Å². The van der Waals surface area contributed by atoms with Crippen LogP contribution < -0.4 is 14.8 Å². The van der Waals surface area contributed by atoms with Crippen molar-refractivity contribution in [3.05, 3.63) is 83.4 Å². The van der Waals surface area contributed by atoms with Crippen molar-refractivity contribution in [3.8, 4) is 17.6 Å². The van der Waals surface area contributed by atoms with Crippen molar-refractivity contribution in [2.24, 2.45) is 0 Å². The molecule has 5 nitrogen and oxygen atoms in total. The van der Waals surface area contributed by atoms with Gasteiger partial charge in [0.25, 0.3) is 5.91 Å². The molecular formula is C24H23ClN2O3. The number of benzene rings is 2. The van der Waals surface area contributed by atoms with Crippen molar-refractivity contribution in [1.82, 2.24) is 0 Å². The molecule has 30 heavy (non-hydrogen) atoms. The first-order valence-corrected chi connectivity index (χ1v) is 9.73. The summed E-state index contributed by atoms with van der Waals surface area (Å²) in [7, 11) is 0. The lowest BCUT2D eigenvalue weighted by molar-refractivity contribution is -0.112. The summed E-state index contributed by atoms with van der Waals surface area (Å²) in [6, 6.07) is 12.2. The highest BCUT2D eigenvalue weighted by Gasteiger charge is 2.15. The maximum Gasteiger partial charge on any atom is 0.266 e. The van der Waals surface area contributed by atoms with Crippen molar-refractivity contribution in [1.29, 1.82) is 5.26 Å². The molecule has 6 heteroatoms. The summed E-state index contributed by atoms with van der Waals surface area (Å²) >= 11 is 5.86. The average molecular weight is 423 g/mol. The Balaban J connectivity index is 2.40. The van der Waals surface area contributed by atoms with E-state index in [-0.39, 0.29) is 5.57 Å². The van der Waals surface area contributed by atoms with E-state index in [2.05, 4.69) is 18.5 Å². The second kappa shape index (κ2) is 11.5. The molecule has 0 aliphatic heterocycles. The number of hydrogen-bond donors (Lipinski definition) is 1. The highest BCUT2D eigenvalue weighted by atomic mass is 35.5. The smallest absolute Gasteiger partial charge is 0.266 e. The summed E-state index contributed by atoms with van der Waals surface area (Å²) < 4.78 is 11.5. The average Bonchev–Trinajstić information content (AvgIpc) is 2.73. The fourth-order valence-electron chi connectivity index (χ4n) is 2.69. The third-order valence-electron chi connectivity index (χ3n) is 3.94. The first-order chi connectivity index (χ1) is 14.5. The van der Waals surface area contributed by atoms with E-state index in [9.17, 15) is 10.1 Å². The molecule has 0 saturated carbocycles. The van der Waals surface area contributed by atoms with Gasteiger partial charge in [0, 0.05) is 16.3 Å². The number of ether oxygens (including phenoxy) is 2. The molecule has 0 unspecified atom stereocenters. The summed E-state index contributed by atoms with van der Waals surface area (Å²) in [6.45, 7) is 10.1. The lowest BCUT2D eigenvalue weighted by atomic mass is 10.0. The monoisotopic (exact) mass is 422 g/mol. The molecule has 0 fully saturated rings. The summed E-state index contributed by atoms with van der Waals surface area (Å²) in [6.07, 6.45) is 5.44. The van der Waals surface area contributed by atoms with Crippen LogP contribution in [0.2, 0.25) is 5.02 Å². The molecule has 2 aromatic carbocycles. The van der Waals surface area contributed by atoms with Gasteiger partial charge in [-0.25, -0.2) is 0 Å². The third-order valence-corrected chi connectivity index (χ3v) is 4.19. The predicted octanol–water partition coefficient (Wildman–Crippen LogP) is 5.58. The summed E-state index contributed by atoms with van der Waals surface area (Å²) in [5.74, 6) is 0.605. The van der Waals surface area contributed by atoms with Crippen LogP contribution in [-0.2, 0) is 11.2 Å². The number of anilines is 1. The van der Waals surface area contributed by atoms with Crippen LogP contribution in [0.4, 0.5) is 5.69 Å². The van der Waals surface area contributed by atoms with Crippen molar-refractivity contribution < 1.29 is 14.3 Å². The second-order valence-corrected chi connectivity index (χ2v) is 6.60. The van der Waals surface area contributed by atoms with Gasteiger partial charge in [-0.15, -0.1) is 6.58 Å². The van der Waals surface area contributed by atoms with Gasteiger partial charge in [0.2, 0.25) is 0 Å². The normalized spacial score (nSPS) is 10.6. The molecule has 0 aliphatic rings. The Bertz CT molecular complexity index is 989. The summed E-state index contributed by atoms with van der Waals surface area (Å²) in [5, 5.41) is 12.8. The molecule has 2 rings (SSSR count). The zero-order valence-corrected chi connectivity index (χ0v) is 17.5. The number of nitrogens with one attached hydrogen (secondary N) is 1. The first-order valence-electron chi connectivity index (χ1n) is 9.35. The number of carbonyl (C=O) groups is 1. The Kier molecular flexibility index (Phi) is 8.74. The standard InChI is InChI=1S/C24H23ClN2O3/c1-4-7-18-13-17(15-22(29-6-3)23(18)30-12-5-2)14-19(16-26)24(28)27-21-10-8-20(25)9-11-21/h4-5,8-11,13-15H,1-2,6-7,12H2,3H3,(H,27,28)/b19-14+. The first kappa shape index (κ1) is 22.8. The molecular weight excluding hydrogens is 400 g/mol. The van der Waals surface area contributed by atoms with Gasteiger partial charge in [-0.05, 0) is 61.4 Å². The van der Waals surface area contributed by atoms with E-state index in [0.29, 0.717) is 47.4 Å². The van der Waals surface area contributed by atoms with Gasteiger partial charge in [0.05, 0.1) is 6.61 Å². The molecule has 2 aromatic rings. The van der Waals surface area contributed by atoms with E-state index in [1.54, 1.807) is 42.5 Å². The number of hydrogen-bond acceptors (Lipinski definition) is 4.